The van der Waals surface area contributed by atoms with Gasteiger partial charge in [0.15, 0.2) is 12.3 Å². The predicted octanol–water partition coefficient (Wildman–Crippen LogP) is 5.02. The van der Waals surface area contributed by atoms with E-state index in [2.05, 4.69) is 67.1 Å². The second-order valence-electron chi connectivity index (χ2n) is 7.32. The predicted molar refractivity (Wildman–Crippen MR) is 99.0 cm³/mol. The van der Waals surface area contributed by atoms with Gasteiger partial charge in [-0.1, -0.05) is 43.7 Å². The number of rotatable bonds is 2. The Bertz CT molecular complexity index is 763. The van der Waals surface area contributed by atoms with Crippen LogP contribution in [0, 0.1) is 12.8 Å². The molecule has 0 spiro atoms. The molecule has 1 saturated carbocycles. The summed E-state index contributed by atoms with van der Waals surface area (Å²) in [5.41, 5.74) is 4.97. The molecule has 2 unspecified atom stereocenters. The maximum absolute atomic E-state index is 6.15. The molecular formula is C22H26NO+. The van der Waals surface area contributed by atoms with Crippen LogP contribution < -0.4 is 4.74 Å². The molecule has 124 valence electrons. The van der Waals surface area contributed by atoms with Crippen LogP contribution in [-0.4, -0.2) is 23.6 Å². The summed E-state index contributed by atoms with van der Waals surface area (Å²) in [5.74, 6) is 1.80. The molecule has 0 radical (unpaired) electrons. The Morgan fingerprint density at radius 1 is 1.00 bits per heavy atom. The van der Waals surface area contributed by atoms with E-state index >= 15 is 0 Å². The van der Waals surface area contributed by atoms with Crippen molar-refractivity contribution in [3.63, 3.8) is 0 Å². The van der Waals surface area contributed by atoms with E-state index in [0.717, 1.165) is 11.7 Å². The number of aryl methyl sites for hydroxylation is 1. The maximum Gasteiger partial charge on any atom is 0.287 e. The highest BCUT2D eigenvalue weighted by atomic mass is 16.5. The summed E-state index contributed by atoms with van der Waals surface area (Å²) in [6.07, 6.45) is 7.68. The summed E-state index contributed by atoms with van der Waals surface area (Å²) in [6.45, 7) is 5.23. The fourth-order valence-electron chi connectivity index (χ4n) is 4.23. The molecule has 2 aromatic rings. The summed E-state index contributed by atoms with van der Waals surface area (Å²) in [5, 5.41) is 0. The Kier molecular flexibility index (Phi) is 4.13. The first kappa shape index (κ1) is 15.4. The zero-order chi connectivity index (χ0) is 16.5. The molecule has 0 N–H and O–H groups in total. The van der Waals surface area contributed by atoms with Gasteiger partial charge in [-0.25, -0.2) is 0 Å². The second kappa shape index (κ2) is 6.43. The van der Waals surface area contributed by atoms with E-state index in [1.54, 1.807) is 0 Å². The van der Waals surface area contributed by atoms with Gasteiger partial charge in [0.25, 0.3) is 6.73 Å². The quantitative estimate of drug-likeness (QED) is 0.708. The fourth-order valence-corrected chi connectivity index (χ4v) is 4.23. The van der Waals surface area contributed by atoms with Gasteiger partial charge in [-0.2, -0.15) is 4.58 Å². The Balaban J connectivity index is 1.73. The minimum Gasteiger partial charge on any atom is -0.435 e. The summed E-state index contributed by atoms with van der Waals surface area (Å²) in [4.78, 5) is 0. The van der Waals surface area contributed by atoms with E-state index in [1.807, 2.05) is 0 Å². The van der Waals surface area contributed by atoms with Gasteiger partial charge < -0.3 is 4.74 Å². The molecule has 2 heteroatoms. The summed E-state index contributed by atoms with van der Waals surface area (Å²) >= 11 is 0. The minimum atomic E-state index is 0.618. The first-order chi connectivity index (χ1) is 11.7. The monoisotopic (exact) mass is 320 g/mol. The zero-order valence-electron chi connectivity index (χ0n) is 14.7. The molecule has 24 heavy (non-hydrogen) atoms. The molecule has 2 nitrogen and oxygen atoms in total. The van der Waals surface area contributed by atoms with Gasteiger partial charge in [-0.05, 0) is 48.6 Å². The molecule has 1 aliphatic heterocycles. The molecule has 0 aromatic heterocycles. The average Bonchev–Trinajstić information content (AvgIpc) is 2.62. The third-order valence-corrected chi connectivity index (χ3v) is 5.57. The summed E-state index contributed by atoms with van der Waals surface area (Å²) in [7, 11) is 0. The molecule has 0 bridgehead atoms. The SMILES string of the molecule is Cc1cc(-c2ccccc2)cc2c1OC[N+](C1CCCCC1C)=C2. The van der Waals surface area contributed by atoms with Gasteiger partial charge in [0, 0.05) is 12.3 Å². The van der Waals surface area contributed by atoms with Gasteiger partial charge in [0.1, 0.15) is 5.75 Å². The van der Waals surface area contributed by atoms with Gasteiger partial charge in [0.2, 0.25) is 0 Å². The molecule has 2 atom stereocenters. The normalized spacial score (nSPS) is 23.2. The van der Waals surface area contributed by atoms with Gasteiger partial charge in [-0.3, -0.25) is 0 Å². The smallest absolute Gasteiger partial charge is 0.287 e. The molecule has 1 heterocycles. The molecule has 2 aliphatic rings. The zero-order valence-corrected chi connectivity index (χ0v) is 14.7. The van der Waals surface area contributed by atoms with Gasteiger partial charge in [0.05, 0.1) is 5.56 Å². The standard InChI is InChI=1S/C22H26NO/c1-16-8-6-7-11-21(16)23-14-20-13-19(18-9-4-3-5-10-18)12-17(2)22(20)24-15-23/h3-5,9-10,12-14,16,21H,6-8,11,15H2,1-2H3/q+1. The first-order valence-electron chi connectivity index (χ1n) is 9.16. The number of hydrogen-bond donors (Lipinski definition) is 0. The Labute approximate surface area is 144 Å². The molecule has 1 fully saturated rings. The van der Waals surface area contributed by atoms with Crippen LogP contribution in [0.1, 0.15) is 43.7 Å². The van der Waals surface area contributed by atoms with Crippen LogP contribution in [0.5, 0.6) is 5.75 Å². The van der Waals surface area contributed by atoms with Crippen LogP contribution in [0.15, 0.2) is 42.5 Å². The summed E-state index contributed by atoms with van der Waals surface area (Å²) in [6, 6.07) is 15.7. The highest BCUT2D eigenvalue weighted by Gasteiger charge is 2.33. The molecule has 0 saturated heterocycles. The van der Waals surface area contributed by atoms with Gasteiger partial charge in [-0.15, -0.1) is 0 Å². The van der Waals surface area contributed by atoms with Crippen LogP contribution >= 0.6 is 0 Å². The van der Waals surface area contributed by atoms with Crippen molar-refractivity contribution in [1.29, 1.82) is 0 Å². The lowest BCUT2D eigenvalue weighted by Gasteiger charge is -2.28. The third-order valence-electron chi connectivity index (χ3n) is 5.57. The lowest BCUT2D eigenvalue weighted by atomic mass is 9.85. The van der Waals surface area contributed by atoms with Crippen LogP contribution in [-0.2, 0) is 0 Å². The number of benzene rings is 2. The fraction of sp³-hybridized carbons (Fsp3) is 0.409. The number of nitrogens with zero attached hydrogens (tertiary/aromatic N) is 1. The number of ether oxygens (including phenoxy) is 1. The maximum atomic E-state index is 6.15. The molecular weight excluding hydrogens is 294 g/mol. The van der Waals surface area contributed by atoms with Crippen LogP contribution in [0.2, 0.25) is 0 Å². The molecule has 4 rings (SSSR count). The second-order valence-corrected chi connectivity index (χ2v) is 7.32. The van der Waals surface area contributed by atoms with Crippen molar-refractivity contribution in [3.05, 3.63) is 53.6 Å². The van der Waals surface area contributed by atoms with Crippen molar-refractivity contribution in [2.75, 3.05) is 6.73 Å². The minimum absolute atomic E-state index is 0.618. The number of hydrogen-bond acceptors (Lipinski definition) is 1. The van der Waals surface area contributed by atoms with Crippen molar-refractivity contribution in [3.8, 4) is 16.9 Å². The molecule has 1 aliphatic carbocycles. The molecule has 0 amide bonds. The lowest BCUT2D eigenvalue weighted by molar-refractivity contribution is -0.601. The highest BCUT2D eigenvalue weighted by molar-refractivity contribution is 5.85. The Morgan fingerprint density at radius 2 is 1.79 bits per heavy atom. The number of fused-ring (bicyclic) bond motifs is 1. The van der Waals surface area contributed by atoms with Crippen LogP contribution in [0.25, 0.3) is 11.1 Å². The van der Waals surface area contributed by atoms with Crippen molar-refractivity contribution >= 4 is 6.21 Å². The van der Waals surface area contributed by atoms with E-state index in [1.165, 1.54) is 47.9 Å². The van der Waals surface area contributed by atoms with Crippen molar-refractivity contribution in [2.45, 2.75) is 45.6 Å². The summed E-state index contributed by atoms with van der Waals surface area (Å²) < 4.78 is 8.58. The largest absolute Gasteiger partial charge is 0.435 e. The third kappa shape index (κ3) is 2.86. The van der Waals surface area contributed by atoms with Crippen LogP contribution in [0.4, 0.5) is 0 Å². The lowest BCUT2D eigenvalue weighted by Crippen LogP contribution is -2.39. The van der Waals surface area contributed by atoms with E-state index < -0.39 is 0 Å². The first-order valence-corrected chi connectivity index (χ1v) is 9.16. The van der Waals surface area contributed by atoms with Crippen molar-refractivity contribution in [2.24, 2.45) is 5.92 Å². The van der Waals surface area contributed by atoms with Crippen LogP contribution in [0.3, 0.4) is 0 Å². The Hall–Kier alpha value is -2.09. The van der Waals surface area contributed by atoms with E-state index in [-0.39, 0.29) is 0 Å². The Morgan fingerprint density at radius 3 is 2.58 bits per heavy atom. The van der Waals surface area contributed by atoms with Gasteiger partial charge >= 0.3 is 0 Å². The van der Waals surface area contributed by atoms with E-state index in [4.69, 9.17) is 4.74 Å². The van der Waals surface area contributed by atoms with E-state index in [9.17, 15) is 0 Å². The molecule has 2 aromatic carbocycles. The topological polar surface area (TPSA) is 12.2 Å². The average molecular weight is 320 g/mol. The van der Waals surface area contributed by atoms with Crippen molar-refractivity contribution in [1.82, 2.24) is 0 Å². The van der Waals surface area contributed by atoms with E-state index in [0.29, 0.717) is 12.8 Å². The highest BCUT2D eigenvalue weighted by Crippen LogP contribution is 2.33. The van der Waals surface area contributed by atoms with Crippen molar-refractivity contribution < 1.29 is 9.31 Å².